The smallest absolute Gasteiger partial charge is 0.216 e. The summed E-state index contributed by atoms with van der Waals surface area (Å²) in [6.45, 7) is 7.30. The highest BCUT2D eigenvalue weighted by Crippen LogP contribution is 2.32. The fraction of sp³-hybridized carbons (Fsp3) is 0.176. The Bertz CT molecular complexity index is 856. The fourth-order valence-corrected chi connectivity index (χ4v) is 2.06. The van der Waals surface area contributed by atoms with Crippen molar-refractivity contribution in [2.24, 2.45) is 9.98 Å². The summed E-state index contributed by atoms with van der Waals surface area (Å²) >= 11 is 5.69. The predicted molar refractivity (Wildman–Crippen MR) is 90.4 cm³/mol. The van der Waals surface area contributed by atoms with Gasteiger partial charge in [-0.05, 0) is 24.3 Å². The zero-order valence-electron chi connectivity index (χ0n) is 13.0. The number of hydrogen-bond donors (Lipinski definition) is 0. The maximum absolute atomic E-state index is 13.3. The van der Waals surface area contributed by atoms with E-state index in [-0.39, 0.29) is 22.9 Å². The molecule has 0 spiro atoms. The molecule has 0 bridgehead atoms. The Kier molecular flexibility index (Phi) is 5.91. The lowest BCUT2D eigenvalue weighted by molar-refractivity contribution is 0.391. The molecule has 5 nitrogen and oxygen atoms in total. The molecule has 2 aromatic carbocycles. The average molecular weight is 346 g/mol. The molecule has 0 saturated heterocycles. The molecule has 0 unspecified atom stereocenters. The van der Waals surface area contributed by atoms with E-state index in [4.69, 9.17) is 27.6 Å². The van der Waals surface area contributed by atoms with Crippen molar-refractivity contribution in [2.45, 2.75) is 6.54 Å². The number of ether oxygens (including phenoxy) is 2. The standard InChI is InChI=1S/C17H13ClFN3O2/c1-20-15-8-14(19)13(18)7-16(15)22-10-21-9-11-4-5-12(23-2)6-17(11)24-3/h4-8H,9H2,2-3H3. The minimum Gasteiger partial charge on any atom is -0.497 e. The highest BCUT2D eigenvalue weighted by atomic mass is 35.5. The number of benzene rings is 2. The molecule has 0 radical (unpaired) electrons. The number of hydrogen-bond acceptors (Lipinski definition) is 4. The summed E-state index contributed by atoms with van der Waals surface area (Å²) < 4.78 is 23.7. The molecule has 0 fully saturated rings. The largest absolute Gasteiger partial charge is 0.497 e. The van der Waals surface area contributed by atoms with Gasteiger partial charge >= 0.3 is 0 Å². The molecule has 24 heavy (non-hydrogen) atoms. The lowest BCUT2D eigenvalue weighted by atomic mass is 10.2. The van der Waals surface area contributed by atoms with Crippen LogP contribution in [0.5, 0.6) is 11.5 Å². The van der Waals surface area contributed by atoms with Crippen LogP contribution >= 0.6 is 11.6 Å². The van der Waals surface area contributed by atoms with E-state index >= 15 is 0 Å². The van der Waals surface area contributed by atoms with Crippen LogP contribution in [0.15, 0.2) is 40.3 Å². The minimum absolute atomic E-state index is 0.0432. The van der Waals surface area contributed by atoms with Crippen LogP contribution in [0.4, 0.5) is 15.8 Å². The molecular weight excluding hydrogens is 333 g/mol. The number of rotatable bonds is 5. The Morgan fingerprint density at radius 2 is 2.04 bits per heavy atom. The summed E-state index contributed by atoms with van der Waals surface area (Å²) in [5.74, 6) is 0.643. The van der Waals surface area contributed by atoms with Gasteiger partial charge in [0.15, 0.2) is 0 Å². The molecule has 2 rings (SSSR count). The van der Waals surface area contributed by atoms with E-state index in [1.54, 1.807) is 26.4 Å². The van der Waals surface area contributed by atoms with E-state index in [0.29, 0.717) is 11.5 Å². The maximum Gasteiger partial charge on any atom is 0.216 e. The van der Waals surface area contributed by atoms with Gasteiger partial charge in [-0.15, -0.1) is 0 Å². The van der Waals surface area contributed by atoms with Crippen LogP contribution in [0.2, 0.25) is 5.02 Å². The quantitative estimate of drug-likeness (QED) is 0.562. The highest BCUT2D eigenvalue weighted by molar-refractivity contribution is 6.31. The van der Waals surface area contributed by atoms with Crippen molar-refractivity contribution in [1.82, 2.24) is 0 Å². The van der Waals surface area contributed by atoms with Gasteiger partial charge in [0.25, 0.3) is 0 Å². The van der Waals surface area contributed by atoms with Crippen molar-refractivity contribution < 1.29 is 13.9 Å². The molecule has 122 valence electrons. The van der Waals surface area contributed by atoms with Gasteiger partial charge in [0.1, 0.15) is 17.3 Å². The van der Waals surface area contributed by atoms with Crippen molar-refractivity contribution in [1.29, 1.82) is 0 Å². The Morgan fingerprint density at radius 3 is 2.71 bits per heavy atom. The Hall–Kier alpha value is -2.87. The zero-order chi connectivity index (χ0) is 17.5. The van der Waals surface area contributed by atoms with Gasteiger partial charge in [-0.2, -0.15) is 4.99 Å². The summed E-state index contributed by atoms with van der Waals surface area (Å²) in [5.41, 5.74) is 1.08. The van der Waals surface area contributed by atoms with Gasteiger partial charge in [-0.25, -0.2) is 14.2 Å². The molecule has 0 saturated carbocycles. The summed E-state index contributed by atoms with van der Waals surface area (Å²) in [5, 5.41) is -0.111. The second kappa shape index (κ2) is 8.11. The van der Waals surface area contributed by atoms with E-state index in [9.17, 15) is 4.39 Å². The van der Waals surface area contributed by atoms with Crippen molar-refractivity contribution in [3.8, 4) is 11.5 Å². The van der Waals surface area contributed by atoms with Crippen molar-refractivity contribution in [3.63, 3.8) is 0 Å². The lowest BCUT2D eigenvalue weighted by Gasteiger charge is -2.07. The first-order valence-corrected chi connectivity index (χ1v) is 7.16. The SMILES string of the molecule is [C-]#[N+]c1cc(F)c(Cl)cc1N=C=NCc1ccc(OC)cc1OC. The van der Waals surface area contributed by atoms with E-state index in [2.05, 4.69) is 20.8 Å². The molecular formula is C17H13ClFN3O2. The molecule has 7 heteroatoms. The lowest BCUT2D eigenvalue weighted by Crippen LogP contribution is -1.92. The Balaban J connectivity index is 2.22. The molecule has 2 aromatic rings. The van der Waals surface area contributed by atoms with Crippen molar-refractivity contribution in [3.05, 3.63) is 58.2 Å². The van der Waals surface area contributed by atoms with Gasteiger partial charge in [-0.3, -0.25) is 0 Å². The van der Waals surface area contributed by atoms with Gasteiger partial charge in [0.05, 0.1) is 44.1 Å². The highest BCUT2D eigenvalue weighted by Gasteiger charge is 2.07. The number of methoxy groups -OCH3 is 2. The van der Waals surface area contributed by atoms with Gasteiger partial charge in [-0.1, -0.05) is 11.6 Å². The van der Waals surface area contributed by atoms with Crippen molar-refractivity contribution in [2.75, 3.05) is 14.2 Å². The predicted octanol–water partition coefficient (Wildman–Crippen LogP) is 5.05. The summed E-state index contributed by atoms with van der Waals surface area (Å²) in [6.07, 6.45) is 0. The van der Waals surface area contributed by atoms with Crippen LogP contribution < -0.4 is 9.47 Å². The number of aliphatic imine (C=N–C) groups is 2. The molecule has 0 aliphatic carbocycles. The number of halogens is 2. The molecule has 0 aliphatic heterocycles. The van der Waals surface area contributed by atoms with E-state index in [0.717, 1.165) is 11.6 Å². The zero-order valence-corrected chi connectivity index (χ0v) is 13.8. The minimum atomic E-state index is -0.665. The van der Waals surface area contributed by atoms with Crippen LogP contribution in [-0.2, 0) is 6.54 Å². The van der Waals surface area contributed by atoms with E-state index < -0.39 is 5.82 Å². The Labute approximate surface area is 143 Å². The monoisotopic (exact) mass is 345 g/mol. The fourth-order valence-electron chi connectivity index (χ4n) is 1.90. The first-order valence-electron chi connectivity index (χ1n) is 6.78. The van der Waals surface area contributed by atoms with Gasteiger partial charge in [0.2, 0.25) is 5.69 Å². The van der Waals surface area contributed by atoms with Crippen LogP contribution in [0.1, 0.15) is 5.56 Å². The van der Waals surface area contributed by atoms with Crippen molar-refractivity contribution >= 4 is 29.0 Å². The van der Waals surface area contributed by atoms with Crippen LogP contribution in [0.3, 0.4) is 0 Å². The molecule has 0 heterocycles. The molecule has 0 N–H and O–H groups in total. The first kappa shape index (κ1) is 17.5. The summed E-state index contributed by atoms with van der Waals surface area (Å²) in [6, 6.07) is 10.1. The topological polar surface area (TPSA) is 47.5 Å². The molecule has 0 aliphatic rings. The molecule has 0 aromatic heterocycles. The van der Waals surface area contributed by atoms with Crippen LogP contribution in [0, 0.1) is 12.4 Å². The van der Waals surface area contributed by atoms with Crippen LogP contribution in [-0.4, -0.2) is 20.2 Å². The second-order valence-corrected chi connectivity index (χ2v) is 4.98. The first-order chi connectivity index (χ1) is 11.6. The normalized spacial score (nSPS) is 9.62. The maximum atomic E-state index is 13.3. The van der Waals surface area contributed by atoms with Crippen LogP contribution in [0.25, 0.3) is 4.85 Å². The number of nitrogens with zero attached hydrogens (tertiary/aromatic N) is 3. The third-order valence-corrected chi connectivity index (χ3v) is 3.41. The summed E-state index contributed by atoms with van der Waals surface area (Å²) in [7, 11) is 3.13. The van der Waals surface area contributed by atoms with Gasteiger partial charge < -0.3 is 9.47 Å². The molecule has 0 amide bonds. The molecule has 0 atom stereocenters. The average Bonchev–Trinajstić information content (AvgIpc) is 2.61. The Morgan fingerprint density at radius 1 is 1.25 bits per heavy atom. The van der Waals surface area contributed by atoms with Gasteiger partial charge in [0, 0.05) is 11.6 Å². The van der Waals surface area contributed by atoms with E-state index in [1.807, 2.05) is 6.07 Å². The third-order valence-electron chi connectivity index (χ3n) is 3.12. The second-order valence-electron chi connectivity index (χ2n) is 4.57. The third kappa shape index (κ3) is 4.11. The summed E-state index contributed by atoms with van der Waals surface area (Å²) in [4.78, 5) is 11.2. The van der Waals surface area contributed by atoms with E-state index in [1.165, 1.54) is 6.07 Å².